The van der Waals surface area contributed by atoms with Crippen LogP contribution >= 0.6 is 0 Å². The van der Waals surface area contributed by atoms with Gasteiger partial charge < -0.3 is 19.3 Å². The number of hydrogen-bond donors (Lipinski definition) is 1. The number of amides is 1. The van der Waals surface area contributed by atoms with E-state index in [1.165, 1.54) is 22.6 Å². The van der Waals surface area contributed by atoms with Gasteiger partial charge in [0.1, 0.15) is 5.82 Å². The number of hydrogen-bond acceptors (Lipinski definition) is 4. The Labute approximate surface area is 269 Å². The minimum Gasteiger partial charge on any atom is -0.403 e. The van der Waals surface area contributed by atoms with E-state index in [1.54, 1.807) is 19.2 Å². The van der Waals surface area contributed by atoms with Crippen LogP contribution in [0.1, 0.15) is 107 Å². The minimum atomic E-state index is -0.487. The van der Waals surface area contributed by atoms with E-state index >= 15 is 0 Å². The predicted octanol–water partition coefficient (Wildman–Crippen LogP) is 10.2. The summed E-state index contributed by atoms with van der Waals surface area (Å²) in [6.45, 7) is 26.1. The lowest BCUT2D eigenvalue weighted by atomic mass is 9.90. The molecule has 2 unspecified atom stereocenters. The summed E-state index contributed by atoms with van der Waals surface area (Å²) in [6.07, 6.45) is 8.17. The van der Waals surface area contributed by atoms with Crippen molar-refractivity contribution in [2.45, 2.75) is 119 Å². The van der Waals surface area contributed by atoms with Crippen molar-refractivity contribution < 1.29 is 23.6 Å². The molecule has 0 aliphatic carbocycles. The molecule has 0 aromatic heterocycles. The van der Waals surface area contributed by atoms with Crippen LogP contribution in [-0.4, -0.2) is 36.9 Å². The number of aliphatic hydroxyl groups is 1. The standard InChI is InChI=1S/C16H23FO.C8H9NO.C7H15BO2.C4H8.C2H6/c1-4-12(2)11-13(3)5-10-16(18)14-6-8-15(17)9-7-14;1-9(7-10)8-5-3-2-4-6-8;1-6(2)7(3,4)10-8(5)9-6;1-3-4-2;1-2/h4,6-9,13,16,18H,5,10-11H2,1-3H3;2-7H,1H3;1-5H3;3H,1,4H2,2H3;1-2H3/b12-4+;;;;. The molecule has 0 saturated carbocycles. The lowest BCUT2D eigenvalue weighted by molar-refractivity contribution is -0.107. The van der Waals surface area contributed by atoms with Gasteiger partial charge in [0.15, 0.2) is 0 Å². The molecular weight excluding hydrogens is 552 g/mol. The van der Waals surface area contributed by atoms with E-state index in [2.05, 4.69) is 68.0 Å². The second-order valence-electron chi connectivity index (χ2n) is 11.7. The molecule has 248 valence electrons. The van der Waals surface area contributed by atoms with Crippen molar-refractivity contribution in [3.63, 3.8) is 0 Å². The molecule has 7 heteroatoms. The van der Waals surface area contributed by atoms with E-state index in [1.807, 2.05) is 57.1 Å². The van der Waals surface area contributed by atoms with Gasteiger partial charge in [0.05, 0.1) is 17.3 Å². The van der Waals surface area contributed by atoms with E-state index < -0.39 is 6.10 Å². The molecule has 1 fully saturated rings. The first-order valence-electron chi connectivity index (χ1n) is 15.9. The summed E-state index contributed by atoms with van der Waals surface area (Å²) in [4.78, 5) is 11.8. The zero-order chi connectivity index (χ0) is 34.3. The van der Waals surface area contributed by atoms with Gasteiger partial charge in [0.25, 0.3) is 0 Å². The quantitative estimate of drug-likeness (QED) is 0.174. The fraction of sp³-hybridized carbons (Fsp3) is 0.541. The SMILES string of the molecule is C/C=C(\C)CC(C)CCC(O)c1ccc(F)cc1.C=CCC.CB1OC(C)(C)C(C)(C)O1.CC.CN(C=O)c1ccccc1. The van der Waals surface area contributed by atoms with Crippen LogP contribution in [0.25, 0.3) is 0 Å². The highest BCUT2D eigenvalue weighted by molar-refractivity contribution is 6.43. The molecule has 2 aromatic rings. The fourth-order valence-corrected chi connectivity index (χ4v) is 3.93. The van der Waals surface area contributed by atoms with Crippen molar-refractivity contribution in [2.75, 3.05) is 11.9 Å². The van der Waals surface area contributed by atoms with Gasteiger partial charge in [-0.25, -0.2) is 4.39 Å². The van der Waals surface area contributed by atoms with E-state index in [4.69, 9.17) is 9.31 Å². The molecule has 3 rings (SSSR count). The first-order chi connectivity index (χ1) is 20.6. The van der Waals surface area contributed by atoms with Gasteiger partial charge in [-0.2, -0.15) is 0 Å². The average molecular weight is 614 g/mol. The first-order valence-corrected chi connectivity index (χ1v) is 15.9. The van der Waals surface area contributed by atoms with Crippen LogP contribution in [0.3, 0.4) is 0 Å². The van der Waals surface area contributed by atoms with Crippen LogP contribution in [-0.2, 0) is 14.1 Å². The molecule has 1 saturated heterocycles. The molecule has 2 atom stereocenters. The van der Waals surface area contributed by atoms with E-state index in [-0.39, 0.29) is 24.1 Å². The molecule has 44 heavy (non-hydrogen) atoms. The number of halogens is 1. The Kier molecular flexibility index (Phi) is 23.3. The molecule has 1 aliphatic heterocycles. The van der Waals surface area contributed by atoms with Crippen molar-refractivity contribution in [1.82, 2.24) is 0 Å². The maximum atomic E-state index is 12.8. The summed E-state index contributed by atoms with van der Waals surface area (Å²) >= 11 is 0. The van der Waals surface area contributed by atoms with Gasteiger partial charge in [-0.1, -0.05) is 75.8 Å². The summed E-state index contributed by atoms with van der Waals surface area (Å²) in [5.74, 6) is 0.305. The Morgan fingerprint density at radius 3 is 1.86 bits per heavy atom. The summed E-state index contributed by atoms with van der Waals surface area (Å²) in [5, 5.41) is 10.0. The maximum absolute atomic E-state index is 12.8. The number of para-hydroxylation sites is 1. The summed E-state index contributed by atoms with van der Waals surface area (Å²) in [7, 11) is 1.66. The van der Waals surface area contributed by atoms with Crippen LogP contribution in [0.15, 0.2) is 78.9 Å². The Bertz CT molecular complexity index is 1030. The van der Waals surface area contributed by atoms with Gasteiger partial charge in [0, 0.05) is 12.7 Å². The monoisotopic (exact) mass is 613 g/mol. The van der Waals surface area contributed by atoms with Crippen molar-refractivity contribution in [2.24, 2.45) is 5.92 Å². The van der Waals surface area contributed by atoms with Crippen molar-refractivity contribution in [3.8, 4) is 0 Å². The predicted molar refractivity (Wildman–Crippen MR) is 188 cm³/mol. The second kappa shape index (κ2) is 23.6. The lowest BCUT2D eigenvalue weighted by Gasteiger charge is -2.32. The number of rotatable bonds is 9. The highest BCUT2D eigenvalue weighted by Crippen LogP contribution is 2.36. The molecule has 1 aliphatic rings. The molecular formula is C37H61BFNO4. The fourth-order valence-electron chi connectivity index (χ4n) is 3.93. The number of benzene rings is 2. The Hall–Kier alpha value is -2.74. The van der Waals surface area contributed by atoms with Crippen molar-refractivity contribution in [3.05, 3.63) is 90.3 Å². The van der Waals surface area contributed by atoms with E-state index in [9.17, 15) is 14.3 Å². The third-order valence-corrected chi connectivity index (χ3v) is 7.33. The molecule has 1 heterocycles. The van der Waals surface area contributed by atoms with E-state index in [0.29, 0.717) is 5.92 Å². The van der Waals surface area contributed by atoms with Gasteiger partial charge in [0.2, 0.25) is 6.41 Å². The normalized spacial score (nSPS) is 15.7. The first kappa shape index (κ1) is 43.4. The van der Waals surface area contributed by atoms with Gasteiger partial charge in [-0.3, -0.25) is 4.79 Å². The number of carbonyl (C=O) groups is 1. The third-order valence-electron chi connectivity index (χ3n) is 7.33. The van der Waals surface area contributed by atoms with Crippen LogP contribution < -0.4 is 4.90 Å². The number of anilines is 1. The number of aliphatic hydroxyl groups excluding tert-OH is 1. The van der Waals surface area contributed by atoms with E-state index in [0.717, 1.165) is 43.3 Å². The topological polar surface area (TPSA) is 59.0 Å². The Balaban J connectivity index is 0. The van der Waals surface area contributed by atoms with Crippen LogP contribution in [0, 0.1) is 11.7 Å². The lowest BCUT2D eigenvalue weighted by Crippen LogP contribution is -2.41. The van der Waals surface area contributed by atoms with Crippen LogP contribution in [0.4, 0.5) is 10.1 Å². The Morgan fingerprint density at radius 1 is 1.02 bits per heavy atom. The molecule has 0 radical (unpaired) electrons. The number of allylic oxidation sites excluding steroid dienone is 3. The smallest absolute Gasteiger partial charge is 0.403 e. The number of carbonyl (C=O) groups excluding carboxylic acids is 1. The zero-order valence-corrected chi connectivity index (χ0v) is 29.7. The van der Waals surface area contributed by atoms with Crippen molar-refractivity contribution >= 4 is 19.2 Å². The zero-order valence-electron chi connectivity index (χ0n) is 29.7. The van der Waals surface area contributed by atoms with Crippen LogP contribution in [0.2, 0.25) is 6.82 Å². The second-order valence-corrected chi connectivity index (χ2v) is 11.7. The molecule has 1 amide bonds. The Morgan fingerprint density at radius 2 is 1.50 bits per heavy atom. The molecule has 0 bridgehead atoms. The summed E-state index contributed by atoms with van der Waals surface area (Å²) in [6, 6.07) is 15.6. The molecule has 2 aromatic carbocycles. The molecule has 5 nitrogen and oxygen atoms in total. The number of nitrogens with zero attached hydrogens (tertiary/aromatic N) is 1. The van der Waals surface area contributed by atoms with Crippen LogP contribution in [0.5, 0.6) is 0 Å². The van der Waals surface area contributed by atoms with Gasteiger partial charge >= 0.3 is 7.12 Å². The minimum absolute atomic E-state index is 0.0648. The average Bonchev–Trinajstić information content (AvgIpc) is 3.21. The molecule has 1 N–H and O–H groups in total. The third kappa shape index (κ3) is 18.2. The highest BCUT2D eigenvalue weighted by Gasteiger charge is 2.48. The molecule has 0 spiro atoms. The summed E-state index contributed by atoms with van der Waals surface area (Å²) < 4.78 is 23.8. The van der Waals surface area contributed by atoms with Crippen molar-refractivity contribution in [1.29, 1.82) is 0 Å². The van der Waals surface area contributed by atoms with Gasteiger partial charge in [-0.15, -0.1) is 6.58 Å². The summed E-state index contributed by atoms with van der Waals surface area (Å²) in [5.41, 5.74) is 2.78. The maximum Gasteiger partial charge on any atom is 0.454 e. The largest absolute Gasteiger partial charge is 0.454 e. The highest BCUT2D eigenvalue weighted by atomic mass is 19.1. The van der Waals surface area contributed by atoms with Gasteiger partial charge in [-0.05, 0) is 110 Å².